The topological polar surface area (TPSA) is 105 Å². The van der Waals surface area contributed by atoms with Crippen LogP contribution in [-0.4, -0.2) is 35.7 Å². The van der Waals surface area contributed by atoms with E-state index in [9.17, 15) is 14.4 Å². The molecule has 3 N–H and O–H groups in total. The summed E-state index contributed by atoms with van der Waals surface area (Å²) in [4.78, 5) is 37.1. The van der Waals surface area contributed by atoms with Crippen LogP contribution in [0, 0.1) is 0 Å². The van der Waals surface area contributed by atoms with Gasteiger partial charge in [0.15, 0.2) is 0 Å². The van der Waals surface area contributed by atoms with E-state index in [0.29, 0.717) is 11.3 Å². The van der Waals surface area contributed by atoms with Crippen molar-refractivity contribution in [1.29, 1.82) is 0 Å². The summed E-state index contributed by atoms with van der Waals surface area (Å²) in [7, 11) is 0. The van der Waals surface area contributed by atoms with Gasteiger partial charge in [-0.15, -0.1) is 11.3 Å². The van der Waals surface area contributed by atoms with Crippen LogP contribution in [0.5, 0.6) is 0 Å². The lowest BCUT2D eigenvalue weighted by atomic mass is 9.98. The molecule has 7 nitrogen and oxygen atoms in total. The van der Waals surface area contributed by atoms with E-state index in [-0.39, 0.29) is 25.0 Å². The van der Waals surface area contributed by atoms with Crippen LogP contribution in [0.3, 0.4) is 0 Å². The number of carboxylic acid groups (broad SMARTS) is 1. The monoisotopic (exact) mass is 478 g/mol. The zero-order valence-electron chi connectivity index (χ0n) is 18.7. The van der Waals surface area contributed by atoms with Gasteiger partial charge in [0.2, 0.25) is 5.91 Å². The van der Waals surface area contributed by atoms with Crippen molar-refractivity contribution in [1.82, 2.24) is 10.6 Å². The number of carbonyl (C=O) groups is 3. The van der Waals surface area contributed by atoms with E-state index in [4.69, 9.17) is 9.84 Å². The molecule has 0 aliphatic heterocycles. The molecular formula is C26H26N2O5S. The lowest BCUT2D eigenvalue weighted by Crippen LogP contribution is -2.43. The Morgan fingerprint density at radius 2 is 1.62 bits per heavy atom. The zero-order chi connectivity index (χ0) is 24.1. The SMILES string of the molecule is CC(CCC(=O)O)NC(=O)C(NC(=O)OCC1c2ccccc2-c2ccccc21)c1cccs1. The Bertz CT molecular complexity index is 1130. The van der Waals surface area contributed by atoms with Gasteiger partial charge in [0.1, 0.15) is 12.6 Å². The quantitative estimate of drug-likeness (QED) is 0.414. The summed E-state index contributed by atoms with van der Waals surface area (Å²) in [6.45, 7) is 1.88. The van der Waals surface area contributed by atoms with Crippen molar-refractivity contribution >= 4 is 29.3 Å². The summed E-state index contributed by atoms with van der Waals surface area (Å²) in [5.74, 6) is -1.41. The van der Waals surface area contributed by atoms with Gasteiger partial charge in [-0.3, -0.25) is 9.59 Å². The normalized spacial score (nSPS) is 13.9. The van der Waals surface area contributed by atoms with E-state index in [2.05, 4.69) is 22.8 Å². The van der Waals surface area contributed by atoms with Crippen LogP contribution < -0.4 is 10.6 Å². The van der Waals surface area contributed by atoms with Gasteiger partial charge >= 0.3 is 12.1 Å². The van der Waals surface area contributed by atoms with Crippen molar-refractivity contribution in [3.8, 4) is 11.1 Å². The number of carbonyl (C=O) groups excluding carboxylic acids is 2. The summed E-state index contributed by atoms with van der Waals surface area (Å²) in [5, 5.41) is 16.2. The highest BCUT2D eigenvalue weighted by atomic mass is 32.1. The molecule has 8 heteroatoms. The molecule has 1 aliphatic carbocycles. The zero-order valence-corrected chi connectivity index (χ0v) is 19.5. The van der Waals surface area contributed by atoms with Gasteiger partial charge in [0.05, 0.1) is 0 Å². The second-order valence-corrected chi connectivity index (χ2v) is 9.24. The molecule has 1 aromatic heterocycles. The first kappa shape index (κ1) is 23.5. The van der Waals surface area contributed by atoms with Crippen molar-refractivity contribution in [3.05, 3.63) is 82.0 Å². The molecule has 0 fully saturated rings. The standard InChI is InChI=1S/C26H26N2O5S/c1-16(12-13-23(29)30)27-25(31)24(22-11-6-14-34-22)28-26(32)33-15-21-19-9-4-2-7-17(19)18-8-3-5-10-20(18)21/h2-11,14,16,21,24H,12-13,15H2,1H3,(H,27,31)(H,28,32)(H,29,30). The maximum Gasteiger partial charge on any atom is 0.408 e. The molecule has 0 saturated carbocycles. The van der Waals surface area contributed by atoms with Crippen LogP contribution in [0.4, 0.5) is 4.79 Å². The number of aliphatic carboxylic acids is 1. The van der Waals surface area contributed by atoms with Crippen molar-refractivity contribution < 1.29 is 24.2 Å². The van der Waals surface area contributed by atoms with Gasteiger partial charge in [-0.05, 0) is 47.0 Å². The number of benzene rings is 2. The third-order valence-electron chi connectivity index (χ3n) is 5.88. The smallest absolute Gasteiger partial charge is 0.408 e. The Hall–Kier alpha value is -3.65. The number of rotatable bonds is 9. The first-order valence-corrected chi connectivity index (χ1v) is 12.0. The minimum absolute atomic E-state index is 0.0507. The predicted molar refractivity (Wildman–Crippen MR) is 130 cm³/mol. The van der Waals surface area contributed by atoms with Gasteiger partial charge < -0.3 is 20.5 Å². The van der Waals surface area contributed by atoms with Gasteiger partial charge in [-0.2, -0.15) is 0 Å². The van der Waals surface area contributed by atoms with Crippen molar-refractivity contribution in [2.75, 3.05) is 6.61 Å². The van der Waals surface area contributed by atoms with Crippen molar-refractivity contribution in [3.63, 3.8) is 0 Å². The van der Waals surface area contributed by atoms with E-state index in [1.165, 1.54) is 11.3 Å². The van der Waals surface area contributed by atoms with Crippen molar-refractivity contribution in [2.45, 2.75) is 37.8 Å². The highest BCUT2D eigenvalue weighted by molar-refractivity contribution is 7.10. The number of ether oxygens (including phenoxy) is 1. The molecule has 34 heavy (non-hydrogen) atoms. The fraction of sp³-hybridized carbons (Fsp3) is 0.269. The summed E-state index contributed by atoms with van der Waals surface area (Å²) < 4.78 is 5.60. The number of nitrogens with one attached hydrogen (secondary N) is 2. The molecule has 1 aliphatic rings. The molecule has 0 radical (unpaired) electrons. The summed E-state index contributed by atoms with van der Waals surface area (Å²) >= 11 is 1.35. The number of hydrogen-bond donors (Lipinski definition) is 3. The number of fused-ring (bicyclic) bond motifs is 3. The van der Waals surface area contributed by atoms with Crippen LogP contribution in [0.2, 0.25) is 0 Å². The molecule has 176 valence electrons. The number of thiophene rings is 1. The van der Waals surface area contributed by atoms with E-state index in [1.807, 2.05) is 41.8 Å². The molecular weight excluding hydrogens is 452 g/mol. The lowest BCUT2D eigenvalue weighted by Gasteiger charge is -2.21. The summed E-state index contributed by atoms with van der Waals surface area (Å²) in [5.41, 5.74) is 4.49. The van der Waals surface area contributed by atoms with Crippen LogP contribution in [0.25, 0.3) is 11.1 Å². The van der Waals surface area contributed by atoms with Crippen LogP contribution in [-0.2, 0) is 14.3 Å². The Morgan fingerprint density at radius 3 is 2.21 bits per heavy atom. The fourth-order valence-corrected chi connectivity index (χ4v) is 4.99. The molecule has 2 amide bonds. The molecule has 0 saturated heterocycles. The maximum atomic E-state index is 12.9. The lowest BCUT2D eigenvalue weighted by molar-refractivity contribution is -0.137. The average Bonchev–Trinajstić information content (AvgIpc) is 3.46. The molecule has 2 aromatic carbocycles. The van der Waals surface area contributed by atoms with Gasteiger partial charge in [-0.25, -0.2) is 4.79 Å². The van der Waals surface area contributed by atoms with Crippen molar-refractivity contribution in [2.24, 2.45) is 0 Å². The highest BCUT2D eigenvalue weighted by Gasteiger charge is 2.30. The van der Waals surface area contributed by atoms with Gasteiger partial charge in [-0.1, -0.05) is 54.6 Å². The number of amides is 2. The van der Waals surface area contributed by atoms with Crippen LogP contribution >= 0.6 is 11.3 Å². The van der Waals surface area contributed by atoms with Gasteiger partial charge in [0, 0.05) is 23.3 Å². The first-order valence-electron chi connectivity index (χ1n) is 11.1. The maximum absolute atomic E-state index is 12.9. The second-order valence-electron chi connectivity index (χ2n) is 8.26. The van der Waals surface area contributed by atoms with E-state index in [0.717, 1.165) is 22.3 Å². The second kappa shape index (κ2) is 10.5. The van der Waals surface area contributed by atoms with E-state index >= 15 is 0 Å². The Morgan fingerprint density at radius 1 is 0.971 bits per heavy atom. The molecule has 2 atom stereocenters. The number of carboxylic acids is 1. The summed E-state index contributed by atoms with van der Waals surface area (Å²) in [6, 6.07) is 18.4. The minimum Gasteiger partial charge on any atom is -0.481 e. The average molecular weight is 479 g/mol. The fourth-order valence-electron chi connectivity index (χ4n) is 4.22. The Balaban J connectivity index is 1.42. The Kier molecular flexibility index (Phi) is 7.27. The Labute approximate surface area is 201 Å². The third-order valence-corrected chi connectivity index (χ3v) is 6.81. The molecule has 1 heterocycles. The van der Waals surface area contributed by atoms with E-state index < -0.39 is 24.0 Å². The third kappa shape index (κ3) is 5.28. The van der Waals surface area contributed by atoms with Crippen LogP contribution in [0.15, 0.2) is 66.0 Å². The highest BCUT2D eigenvalue weighted by Crippen LogP contribution is 2.44. The number of alkyl carbamates (subject to hydrolysis) is 1. The molecule has 4 rings (SSSR count). The minimum atomic E-state index is -0.928. The van der Waals surface area contributed by atoms with Crippen LogP contribution in [0.1, 0.15) is 47.7 Å². The first-order chi connectivity index (χ1) is 16.4. The molecule has 3 aromatic rings. The van der Waals surface area contributed by atoms with E-state index in [1.54, 1.807) is 19.1 Å². The molecule has 2 unspecified atom stereocenters. The van der Waals surface area contributed by atoms with Gasteiger partial charge in [0.25, 0.3) is 0 Å². The number of hydrogen-bond acceptors (Lipinski definition) is 5. The summed E-state index contributed by atoms with van der Waals surface area (Å²) in [6.07, 6.45) is -0.442. The molecule has 0 spiro atoms. The largest absolute Gasteiger partial charge is 0.481 e. The predicted octanol–water partition coefficient (Wildman–Crippen LogP) is 4.70. The molecule has 0 bridgehead atoms.